The van der Waals surface area contributed by atoms with Crippen LogP contribution in [-0.4, -0.2) is 22.6 Å². The largest absolute Gasteiger partial charge is 0.341 e. The molecule has 1 fully saturated rings. The standard InChI is InChI=1S/C17H25N3/c1-13(2)20-16(12-19-7-3-4-8-19)10-15-9-14(11-18)5-6-17(15)20/h5-6,9-10,13H,3-4,7-8,11-12,18H2,1-2H3. The number of likely N-dealkylation sites (tertiary alicyclic amines) is 1. The van der Waals surface area contributed by atoms with Crippen molar-refractivity contribution in [3.8, 4) is 0 Å². The number of benzene rings is 1. The summed E-state index contributed by atoms with van der Waals surface area (Å²) >= 11 is 0. The van der Waals surface area contributed by atoms with Crippen LogP contribution in [0.3, 0.4) is 0 Å². The Kier molecular flexibility index (Phi) is 3.81. The second-order valence-electron chi connectivity index (χ2n) is 6.18. The number of hydrogen-bond acceptors (Lipinski definition) is 2. The predicted molar refractivity (Wildman–Crippen MR) is 84.7 cm³/mol. The SMILES string of the molecule is CC(C)n1c(CN2CCCC2)cc2cc(CN)ccc21. The topological polar surface area (TPSA) is 34.2 Å². The highest BCUT2D eigenvalue weighted by atomic mass is 15.2. The van der Waals surface area contributed by atoms with E-state index in [4.69, 9.17) is 5.73 Å². The Labute approximate surface area is 121 Å². The molecule has 3 nitrogen and oxygen atoms in total. The third-order valence-electron chi connectivity index (χ3n) is 4.32. The predicted octanol–water partition coefficient (Wildman–Crippen LogP) is 3.28. The van der Waals surface area contributed by atoms with Crippen molar-refractivity contribution in [2.45, 2.75) is 45.8 Å². The molecule has 1 aliphatic rings. The van der Waals surface area contributed by atoms with E-state index in [1.54, 1.807) is 0 Å². The molecule has 1 aliphatic heterocycles. The molecule has 0 atom stereocenters. The first-order valence-electron chi connectivity index (χ1n) is 7.74. The van der Waals surface area contributed by atoms with E-state index in [1.807, 2.05) is 0 Å². The van der Waals surface area contributed by atoms with Crippen LogP contribution in [0.5, 0.6) is 0 Å². The lowest BCUT2D eigenvalue weighted by molar-refractivity contribution is 0.319. The molecule has 0 amide bonds. The Balaban J connectivity index is 2.02. The van der Waals surface area contributed by atoms with E-state index in [0.29, 0.717) is 12.6 Å². The fourth-order valence-electron chi connectivity index (χ4n) is 3.37. The minimum atomic E-state index is 0.494. The Morgan fingerprint density at radius 3 is 2.55 bits per heavy atom. The van der Waals surface area contributed by atoms with Gasteiger partial charge in [-0.05, 0) is 63.5 Å². The summed E-state index contributed by atoms with van der Waals surface area (Å²) < 4.78 is 2.48. The summed E-state index contributed by atoms with van der Waals surface area (Å²) in [5.74, 6) is 0. The van der Waals surface area contributed by atoms with Crippen molar-refractivity contribution in [3.05, 3.63) is 35.5 Å². The van der Waals surface area contributed by atoms with Crippen molar-refractivity contribution in [2.24, 2.45) is 5.73 Å². The van der Waals surface area contributed by atoms with Gasteiger partial charge < -0.3 is 10.3 Å². The molecule has 108 valence electrons. The Morgan fingerprint density at radius 1 is 1.15 bits per heavy atom. The molecule has 20 heavy (non-hydrogen) atoms. The van der Waals surface area contributed by atoms with Gasteiger partial charge in [-0.15, -0.1) is 0 Å². The summed E-state index contributed by atoms with van der Waals surface area (Å²) in [5.41, 5.74) is 9.75. The highest BCUT2D eigenvalue weighted by Gasteiger charge is 2.17. The van der Waals surface area contributed by atoms with E-state index < -0.39 is 0 Å². The van der Waals surface area contributed by atoms with E-state index in [9.17, 15) is 0 Å². The van der Waals surface area contributed by atoms with Gasteiger partial charge in [-0.1, -0.05) is 6.07 Å². The lowest BCUT2D eigenvalue weighted by Crippen LogP contribution is -2.21. The van der Waals surface area contributed by atoms with Gasteiger partial charge >= 0.3 is 0 Å². The first-order chi connectivity index (χ1) is 9.69. The molecule has 3 rings (SSSR count). The molecule has 3 heteroatoms. The maximum atomic E-state index is 5.76. The number of aromatic nitrogens is 1. The lowest BCUT2D eigenvalue weighted by Gasteiger charge is -2.19. The average molecular weight is 271 g/mol. The van der Waals surface area contributed by atoms with E-state index in [1.165, 1.54) is 48.1 Å². The van der Waals surface area contributed by atoms with Crippen LogP contribution in [0, 0.1) is 0 Å². The Bertz CT molecular complexity index is 592. The zero-order chi connectivity index (χ0) is 14.1. The van der Waals surface area contributed by atoms with Gasteiger partial charge in [0.1, 0.15) is 0 Å². The van der Waals surface area contributed by atoms with Gasteiger partial charge in [0, 0.05) is 35.7 Å². The van der Waals surface area contributed by atoms with Gasteiger partial charge in [-0.2, -0.15) is 0 Å². The number of fused-ring (bicyclic) bond motifs is 1. The second-order valence-corrected chi connectivity index (χ2v) is 6.18. The third-order valence-corrected chi connectivity index (χ3v) is 4.32. The fraction of sp³-hybridized carbons (Fsp3) is 0.529. The second kappa shape index (κ2) is 5.58. The zero-order valence-electron chi connectivity index (χ0n) is 12.6. The van der Waals surface area contributed by atoms with Crippen LogP contribution in [0.4, 0.5) is 0 Å². The van der Waals surface area contributed by atoms with Crippen molar-refractivity contribution in [1.82, 2.24) is 9.47 Å². The summed E-state index contributed by atoms with van der Waals surface area (Å²) in [6.45, 7) is 8.71. The molecule has 0 bridgehead atoms. The van der Waals surface area contributed by atoms with Crippen molar-refractivity contribution < 1.29 is 0 Å². The first-order valence-corrected chi connectivity index (χ1v) is 7.74. The molecule has 0 radical (unpaired) electrons. The van der Waals surface area contributed by atoms with E-state index >= 15 is 0 Å². The monoisotopic (exact) mass is 271 g/mol. The highest BCUT2D eigenvalue weighted by molar-refractivity contribution is 5.82. The van der Waals surface area contributed by atoms with E-state index in [0.717, 1.165) is 6.54 Å². The van der Waals surface area contributed by atoms with Gasteiger partial charge in [0.25, 0.3) is 0 Å². The van der Waals surface area contributed by atoms with Crippen molar-refractivity contribution in [2.75, 3.05) is 13.1 Å². The minimum Gasteiger partial charge on any atom is -0.341 e. The first kappa shape index (κ1) is 13.7. The summed E-state index contributed by atoms with van der Waals surface area (Å²) in [7, 11) is 0. The molecule has 2 N–H and O–H groups in total. The molecular weight excluding hydrogens is 246 g/mol. The number of nitrogens with two attached hydrogens (primary N) is 1. The maximum absolute atomic E-state index is 5.76. The van der Waals surface area contributed by atoms with Crippen LogP contribution in [0.2, 0.25) is 0 Å². The normalized spacial score (nSPS) is 16.6. The zero-order valence-corrected chi connectivity index (χ0v) is 12.6. The third kappa shape index (κ3) is 2.48. The maximum Gasteiger partial charge on any atom is 0.0485 e. The van der Waals surface area contributed by atoms with Gasteiger partial charge in [0.05, 0.1) is 0 Å². The molecule has 2 heterocycles. The van der Waals surface area contributed by atoms with Gasteiger partial charge in [0.2, 0.25) is 0 Å². The fourth-order valence-corrected chi connectivity index (χ4v) is 3.37. The van der Waals surface area contributed by atoms with Crippen LogP contribution in [-0.2, 0) is 13.1 Å². The summed E-state index contributed by atoms with van der Waals surface area (Å²) in [4.78, 5) is 2.57. The van der Waals surface area contributed by atoms with Gasteiger partial charge in [-0.3, -0.25) is 4.90 Å². The summed E-state index contributed by atoms with van der Waals surface area (Å²) in [6, 6.07) is 9.47. The van der Waals surface area contributed by atoms with E-state index in [-0.39, 0.29) is 0 Å². The molecule has 1 aromatic heterocycles. The van der Waals surface area contributed by atoms with E-state index in [2.05, 4.69) is 47.6 Å². The molecule has 0 saturated carbocycles. The quantitative estimate of drug-likeness (QED) is 0.926. The van der Waals surface area contributed by atoms with Crippen LogP contribution in [0.1, 0.15) is 44.0 Å². The molecule has 0 spiro atoms. The number of nitrogens with zero attached hydrogens (tertiary/aromatic N) is 2. The molecule has 2 aromatic rings. The molecule has 0 aliphatic carbocycles. The van der Waals surface area contributed by atoms with Gasteiger partial charge in [-0.25, -0.2) is 0 Å². The van der Waals surface area contributed by atoms with Crippen molar-refractivity contribution >= 4 is 10.9 Å². The highest BCUT2D eigenvalue weighted by Crippen LogP contribution is 2.27. The van der Waals surface area contributed by atoms with Gasteiger partial charge in [0.15, 0.2) is 0 Å². The molecule has 1 saturated heterocycles. The minimum absolute atomic E-state index is 0.494. The van der Waals surface area contributed by atoms with Crippen LogP contribution in [0.25, 0.3) is 10.9 Å². The lowest BCUT2D eigenvalue weighted by atomic mass is 10.1. The Morgan fingerprint density at radius 2 is 1.90 bits per heavy atom. The smallest absolute Gasteiger partial charge is 0.0485 e. The molecule has 1 aromatic carbocycles. The summed E-state index contributed by atoms with van der Waals surface area (Å²) in [5, 5.41) is 1.33. The average Bonchev–Trinajstić information content (AvgIpc) is 3.04. The molecule has 0 unspecified atom stereocenters. The summed E-state index contributed by atoms with van der Waals surface area (Å²) in [6.07, 6.45) is 2.69. The van der Waals surface area contributed by atoms with Crippen LogP contribution in [0.15, 0.2) is 24.3 Å². The Hall–Kier alpha value is -1.32. The number of rotatable bonds is 4. The number of hydrogen-bond donors (Lipinski definition) is 1. The van der Waals surface area contributed by atoms with Crippen molar-refractivity contribution in [3.63, 3.8) is 0 Å². The molecular formula is C17H25N3. The van der Waals surface area contributed by atoms with Crippen LogP contribution < -0.4 is 5.73 Å². The van der Waals surface area contributed by atoms with Crippen LogP contribution >= 0.6 is 0 Å². The van der Waals surface area contributed by atoms with Crippen molar-refractivity contribution in [1.29, 1.82) is 0 Å².